The Morgan fingerprint density at radius 3 is 1.11 bits per heavy atom. The van der Waals surface area contributed by atoms with Crippen LogP contribution in [0.25, 0.3) is 0 Å². The van der Waals surface area contributed by atoms with Crippen LogP contribution >= 0.6 is 15.6 Å². The maximum Gasteiger partial charge on any atom is 0.478 e. The van der Waals surface area contributed by atoms with Crippen LogP contribution in [0.15, 0.2) is 97.1 Å². The third kappa shape index (κ3) is 19.9. The Balaban J connectivity index is 0.000000275. The molecule has 4 saturated heterocycles. The Morgan fingerprint density at radius 2 is 0.833 bits per heavy atom. The largest absolute Gasteiger partial charge is 0.478 e. The lowest BCUT2D eigenvalue weighted by Crippen LogP contribution is -2.65. The highest BCUT2D eigenvalue weighted by molar-refractivity contribution is 7.48. The standard InChI is InChI=1S/C35H45F6N2O8P.C27H29F6N2O8P/c1-23(24-17-26(34(36,37)38)19-27(18-24)35(39,40)41)47-21-33(25-11-9-8-10-12-25)16-15-32(14-13-28(44)42-32)20-43(33)29(45)48-22-49-52(46,50-30(2,3)4)51-31(5,6)7;1-17(18-11-20(26(28,29)30)13-21(12-18)27(31,32)33)41-15-25(19-5-3-2-4-6-19)10-9-24(8-7-22(36)34-24)14-35(25)23(37)42-16-43-44(38,39)40/h8-12,17-19,23H,13-16,20-22H2,1-7H3,(H,42,44);2-6,11-13,17H,7-10,14-16H2,1H3,(H,34,36)(H2,38,39,40)/t23-,32-,33-;17-,24-,25-/m11/s1. The fraction of sp³-hybridized carbons (Fsp3) is 0.548. The van der Waals surface area contributed by atoms with E-state index < -0.39 is 153 Å². The number of phosphoric acid groups is 2. The SMILES string of the molecule is C[C@@H](OC[C@@]1(c2ccccc2)CC[C@]2(CCC(=O)N2)CN1C(=O)OCOP(=O)(O)O)c1cc(C(F)(F)F)cc(C(F)(F)F)c1.C[C@@H](OC[C@@]1(c2ccccc2)CC[C@]2(CCC(=O)N2)CN1C(=O)OCOP(=O)(OC(C)(C)C)OC(C)(C)C)c1cc(C(F)(F)F)cc(C(F)(F)F)c1. The third-order valence-electron chi connectivity index (χ3n) is 16.4. The summed E-state index contributed by atoms with van der Waals surface area (Å²) in [6.07, 6.45) is -23.0. The molecule has 0 unspecified atom stereocenters. The molecular formula is C62H74F12N4O16P2. The molecule has 8 rings (SSSR count). The van der Waals surface area contributed by atoms with Crippen molar-refractivity contribution in [3.8, 4) is 0 Å². The van der Waals surface area contributed by atoms with E-state index in [0.717, 1.165) is 0 Å². The number of piperidine rings is 2. The number of alkyl halides is 12. The summed E-state index contributed by atoms with van der Waals surface area (Å²) in [5.41, 5.74) is -12.3. The quantitative estimate of drug-likeness (QED) is 0.0411. The predicted octanol–water partition coefficient (Wildman–Crippen LogP) is 14.9. The Morgan fingerprint density at radius 1 is 0.510 bits per heavy atom. The highest BCUT2D eigenvalue weighted by Gasteiger charge is 2.56. The molecule has 0 saturated carbocycles. The summed E-state index contributed by atoms with van der Waals surface area (Å²) in [6.45, 7) is 9.25. The number of likely N-dealkylation sites (tertiary alicyclic amines) is 2. The first kappa shape index (κ1) is 77.0. The average Bonchev–Trinajstić information content (AvgIpc) is 1.20. The number of rotatable bonds is 18. The van der Waals surface area contributed by atoms with Crippen molar-refractivity contribution in [2.75, 3.05) is 39.9 Å². The minimum Gasteiger partial charge on any atom is -0.422 e. The lowest BCUT2D eigenvalue weighted by atomic mass is 9.74. The van der Waals surface area contributed by atoms with E-state index in [2.05, 4.69) is 15.2 Å². The first-order valence-electron chi connectivity index (χ1n) is 29.9. The van der Waals surface area contributed by atoms with Crippen LogP contribution in [0.3, 0.4) is 0 Å². The number of carbonyl (C=O) groups excluding carboxylic acids is 4. The number of nitrogens with one attached hydrogen (secondary N) is 2. The number of nitrogens with zero attached hydrogens (tertiary/aromatic N) is 2. The molecule has 96 heavy (non-hydrogen) atoms. The number of halogens is 12. The van der Waals surface area contributed by atoms with Gasteiger partial charge in [0.25, 0.3) is 0 Å². The van der Waals surface area contributed by atoms with Gasteiger partial charge in [-0.25, -0.2) is 27.8 Å². The van der Waals surface area contributed by atoms with Crippen LogP contribution < -0.4 is 10.6 Å². The molecule has 0 aliphatic carbocycles. The van der Waals surface area contributed by atoms with E-state index in [4.69, 9.17) is 42.3 Å². The summed E-state index contributed by atoms with van der Waals surface area (Å²) in [6, 6.07) is 19.1. The minimum atomic E-state index is -5.07. The van der Waals surface area contributed by atoms with Crippen molar-refractivity contribution < 1.29 is 128 Å². The van der Waals surface area contributed by atoms with Gasteiger partial charge in [0.2, 0.25) is 25.4 Å². The minimum absolute atomic E-state index is 0.00952. The molecule has 0 bridgehead atoms. The van der Waals surface area contributed by atoms with Gasteiger partial charge in [-0.15, -0.1) is 0 Å². The monoisotopic (exact) mass is 1420 g/mol. The van der Waals surface area contributed by atoms with Crippen LogP contribution in [0, 0.1) is 0 Å². The van der Waals surface area contributed by atoms with Gasteiger partial charge in [-0.2, -0.15) is 52.7 Å². The summed E-state index contributed by atoms with van der Waals surface area (Å²) < 4.78 is 231. The first-order chi connectivity index (χ1) is 44.1. The normalized spacial score (nSPS) is 22.9. The number of amides is 4. The number of benzene rings is 4. The maximum atomic E-state index is 14.1. The second-order valence-corrected chi connectivity index (χ2v) is 28.6. The van der Waals surface area contributed by atoms with Crippen LogP contribution in [0.4, 0.5) is 62.3 Å². The molecule has 34 heteroatoms. The zero-order chi connectivity index (χ0) is 71.5. The molecule has 2 spiro atoms. The molecule has 4 heterocycles. The highest BCUT2D eigenvalue weighted by atomic mass is 31.2. The Bertz CT molecular complexity index is 3430. The van der Waals surface area contributed by atoms with Crippen molar-refractivity contribution in [3.63, 3.8) is 0 Å². The molecule has 0 radical (unpaired) electrons. The maximum absolute atomic E-state index is 14.1. The molecule has 4 N–H and O–H groups in total. The van der Waals surface area contributed by atoms with Gasteiger partial charge in [0.1, 0.15) is 0 Å². The lowest BCUT2D eigenvalue weighted by molar-refractivity contribution is -0.145. The number of hydrogen-bond donors (Lipinski definition) is 4. The van der Waals surface area contributed by atoms with Crippen molar-refractivity contribution >= 4 is 39.6 Å². The van der Waals surface area contributed by atoms with Crippen molar-refractivity contribution in [2.24, 2.45) is 0 Å². The van der Waals surface area contributed by atoms with E-state index in [0.29, 0.717) is 61.1 Å². The van der Waals surface area contributed by atoms with Crippen LogP contribution in [-0.2, 0) is 91.5 Å². The number of carbonyl (C=O) groups is 4. The summed E-state index contributed by atoms with van der Waals surface area (Å²) in [7, 11) is -9.33. The van der Waals surface area contributed by atoms with Gasteiger partial charge in [-0.1, -0.05) is 60.7 Å². The number of phosphoric ester groups is 2. The molecule has 4 aliphatic rings. The summed E-state index contributed by atoms with van der Waals surface area (Å²) >= 11 is 0. The van der Waals surface area contributed by atoms with Crippen molar-refractivity contribution in [1.82, 2.24) is 20.4 Å². The Hall–Kier alpha value is -6.34. The van der Waals surface area contributed by atoms with E-state index in [1.165, 1.54) is 23.6 Å². The average molecular weight is 1420 g/mol. The van der Waals surface area contributed by atoms with Crippen LogP contribution in [-0.4, -0.2) is 106 Å². The van der Waals surface area contributed by atoms with Crippen LogP contribution in [0.1, 0.15) is 163 Å². The molecule has 532 valence electrons. The molecule has 20 nitrogen and oxygen atoms in total. The van der Waals surface area contributed by atoms with Crippen molar-refractivity contribution in [1.29, 1.82) is 0 Å². The fourth-order valence-electron chi connectivity index (χ4n) is 11.8. The summed E-state index contributed by atoms with van der Waals surface area (Å²) in [5, 5.41) is 5.81. The zero-order valence-electron chi connectivity index (χ0n) is 53.2. The van der Waals surface area contributed by atoms with E-state index in [1.54, 1.807) is 102 Å². The molecule has 4 aliphatic heterocycles. The smallest absolute Gasteiger partial charge is 0.422 e. The molecular weight excluding hydrogens is 1350 g/mol. The third-order valence-corrected chi connectivity index (χ3v) is 18.8. The molecule has 6 atom stereocenters. The fourth-order valence-corrected chi connectivity index (χ4v) is 13.6. The topological polar surface area (TPSA) is 247 Å². The predicted molar refractivity (Wildman–Crippen MR) is 316 cm³/mol. The van der Waals surface area contributed by atoms with Gasteiger partial charge in [-0.05, 0) is 153 Å². The van der Waals surface area contributed by atoms with Gasteiger partial charge in [0.15, 0.2) is 0 Å². The van der Waals surface area contributed by atoms with Gasteiger partial charge < -0.3 is 39.4 Å². The molecule has 4 aromatic carbocycles. The van der Waals surface area contributed by atoms with Crippen LogP contribution in [0.5, 0.6) is 0 Å². The van der Waals surface area contributed by atoms with Gasteiger partial charge in [0, 0.05) is 25.9 Å². The van der Waals surface area contributed by atoms with Crippen molar-refractivity contribution in [2.45, 2.75) is 177 Å². The second kappa shape index (κ2) is 28.9. The van der Waals surface area contributed by atoms with Crippen molar-refractivity contribution in [3.05, 3.63) is 142 Å². The summed E-state index contributed by atoms with van der Waals surface area (Å²) in [5.74, 6) is -0.483. The molecule has 4 amide bonds. The number of hydrogen-bond acceptors (Lipinski definition) is 14. The lowest BCUT2D eigenvalue weighted by Gasteiger charge is -2.52. The van der Waals surface area contributed by atoms with E-state index in [1.807, 2.05) is 0 Å². The zero-order valence-corrected chi connectivity index (χ0v) is 55.0. The van der Waals surface area contributed by atoms with Gasteiger partial charge >= 0.3 is 52.5 Å². The Labute approximate surface area is 544 Å². The summed E-state index contributed by atoms with van der Waals surface area (Å²) in [4.78, 5) is 72.6. The van der Waals surface area contributed by atoms with E-state index in [-0.39, 0.29) is 68.3 Å². The molecule has 4 fully saturated rings. The van der Waals surface area contributed by atoms with Gasteiger partial charge in [-0.3, -0.25) is 28.4 Å². The first-order valence-corrected chi connectivity index (χ1v) is 32.9. The van der Waals surface area contributed by atoms with E-state index in [9.17, 15) is 81.0 Å². The number of ether oxygens (including phenoxy) is 4. The van der Waals surface area contributed by atoms with Crippen LogP contribution in [0.2, 0.25) is 0 Å². The molecule has 0 aromatic heterocycles. The van der Waals surface area contributed by atoms with Gasteiger partial charge in [0.05, 0.1) is 81.0 Å². The molecule has 4 aromatic rings. The Kier molecular flexibility index (Phi) is 23.1. The highest BCUT2D eigenvalue weighted by Crippen LogP contribution is 2.56. The second-order valence-electron chi connectivity index (χ2n) is 25.9. The van der Waals surface area contributed by atoms with E-state index >= 15 is 0 Å².